The standard InChI is InChI=1S/C69H126N12O13S/c1-28-30-32-45(13)57(82)56-61(86)72-48(29-2)63(88)79(24)53(39-95-34-31-33-74(18)19)66(91)78(23)52(38-69(16,17)94-27)60(85)73-54(43(9)10)67(92)75(20)49(35-40(3)4)59(84)70-46(14)58(83)71-47(15)62(87)76(21)50(36-41(5)6)64(89)77(22)51(37-42(7)8)65(90)80(25)55(44(11)12)68(93)81(56)26/h28,30,40-57,82H,29,31-39H2,1-27H3,(H,70,84)(H,71,83)(H,72,86)(H,73,85)/t45-,46+,47-,48+,49+,50+,51+,52+,53-,54+,55+,56+,57-/m1/s1. The van der Waals surface area contributed by atoms with Crippen LogP contribution in [0, 0.1) is 35.5 Å². The van der Waals surface area contributed by atoms with Gasteiger partial charge in [0.25, 0.3) is 0 Å². The number of aliphatic hydroxyl groups is 1. The van der Waals surface area contributed by atoms with E-state index in [9.17, 15) is 24.3 Å². The summed E-state index contributed by atoms with van der Waals surface area (Å²) in [6.45, 7) is 30.4. The number of aliphatic hydroxyl groups excluding tert-OH is 1. The number of thioether (sulfide) groups is 1. The summed E-state index contributed by atoms with van der Waals surface area (Å²) in [5.41, 5.74) is -1.04. The third kappa shape index (κ3) is 25.5. The highest BCUT2D eigenvalue weighted by Crippen LogP contribution is 2.27. The van der Waals surface area contributed by atoms with E-state index in [0.717, 1.165) is 17.9 Å². The summed E-state index contributed by atoms with van der Waals surface area (Å²) < 4.78 is 5.84. The van der Waals surface area contributed by atoms with E-state index in [4.69, 9.17) is 4.74 Å². The average Bonchev–Trinajstić information content (AvgIpc) is 0.811. The summed E-state index contributed by atoms with van der Waals surface area (Å²) in [6, 6.07) is -14.1. The Bertz CT molecular complexity index is 2580. The number of nitrogens with one attached hydrogen (secondary N) is 4. The number of amides is 11. The highest BCUT2D eigenvalue weighted by atomic mass is 32.2. The van der Waals surface area contributed by atoms with Gasteiger partial charge in [-0.1, -0.05) is 95.2 Å². The fourth-order valence-corrected chi connectivity index (χ4v) is 12.8. The van der Waals surface area contributed by atoms with Crippen molar-refractivity contribution in [1.82, 2.24) is 60.5 Å². The van der Waals surface area contributed by atoms with Gasteiger partial charge in [0.2, 0.25) is 65.0 Å². The van der Waals surface area contributed by atoms with Gasteiger partial charge in [-0.15, -0.1) is 0 Å². The van der Waals surface area contributed by atoms with Gasteiger partial charge >= 0.3 is 0 Å². The van der Waals surface area contributed by atoms with Gasteiger partial charge in [-0.25, -0.2) is 0 Å². The number of likely N-dealkylation sites (N-methyl/N-ethyl adjacent to an activating group) is 7. The van der Waals surface area contributed by atoms with E-state index in [1.165, 1.54) is 111 Å². The van der Waals surface area contributed by atoms with Crippen molar-refractivity contribution in [2.45, 2.75) is 241 Å². The first-order valence-corrected chi connectivity index (χ1v) is 35.2. The quantitative estimate of drug-likeness (QED) is 0.0754. The van der Waals surface area contributed by atoms with Crippen molar-refractivity contribution in [3.8, 4) is 0 Å². The van der Waals surface area contributed by atoms with Crippen molar-refractivity contribution >= 4 is 76.7 Å². The molecular formula is C69H126N12O13S. The van der Waals surface area contributed by atoms with E-state index in [-0.39, 0.29) is 55.6 Å². The minimum absolute atomic E-state index is 0.00751. The number of methoxy groups -OCH3 is 1. The van der Waals surface area contributed by atoms with Gasteiger partial charge in [0.1, 0.15) is 66.5 Å². The second kappa shape index (κ2) is 40.1. The van der Waals surface area contributed by atoms with Gasteiger partial charge in [0.15, 0.2) is 0 Å². The number of hydrogen-bond acceptors (Lipinski definition) is 15. The third-order valence-electron chi connectivity index (χ3n) is 18.1. The van der Waals surface area contributed by atoms with E-state index in [2.05, 4.69) is 21.3 Å². The number of carbonyl (C=O) groups is 11. The lowest BCUT2D eigenvalue weighted by Crippen LogP contribution is -2.64. The molecule has 0 spiro atoms. The molecule has 0 bridgehead atoms. The van der Waals surface area contributed by atoms with Crippen molar-refractivity contribution < 1.29 is 62.6 Å². The van der Waals surface area contributed by atoms with Crippen LogP contribution >= 0.6 is 11.8 Å². The number of hydrogen-bond donors (Lipinski definition) is 5. The molecule has 1 fully saturated rings. The Labute approximate surface area is 574 Å². The number of ether oxygens (including phenoxy) is 1. The van der Waals surface area contributed by atoms with E-state index >= 15 is 33.6 Å². The monoisotopic (exact) mass is 1360 g/mol. The lowest BCUT2D eigenvalue weighted by molar-refractivity contribution is -0.157. The van der Waals surface area contributed by atoms with E-state index < -0.39 is 161 Å². The summed E-state index contributed by atoms with van der Waals surface area (Å²) in [6.07, 6.45) is 3.43. The lowest BCUT2D eigenvalue weighted by Gasteiger charge is -2.41. The smallest absolute Gasteiger partial charge is 0.246 e. The van der Waals surface area contributed by atoms with Gasteiger partial charge in [-0.05, 0) is 135 Å². The Morgan fingerprint density at radius 3 is 1.45 bits per heavy atom. The van der Waals surface area contributed by atoms with E-state index in [0.29, 0.717) is 12.2 Å². The second-order valence-electron chi connectivity index (χ2n) is 29.1. The Morgan fingerprint density at radius 1 is 0.537 bits per heavy atom. The molecule has 0 radical (unpaired) electrons. The SMILES string of the molecule is CC=CC[C@@H](C)[C@@H](O)[C@H]1C(=O)N[C@@H](CC)C(=O)N(C)[C@H](CSCCCN(C)C)C(=O)N(C)[C@@H](CC(C)(C)OC)C(=O)N[C@@H](C(C)C)C(=O)N(C)[C@@H](CC(C)C)C(=O)N[C@@H](C)C(=O)N[C@H](C)C(=O)N(C)[C@@H](CC(C)C)C(=O)N(C)[C@@H](CC(C)C)C(=O)N(C)[C@@H](C(C)C)C(=O)N1C. The number of allylic oxidation sites excluding steroid dienone is 2. The molecule has 5 N–H and O–H groups in total. The maximum absolute atomic E-state index is 15.5. The molecule has 0 unspecified atom stereocenters. The van der Waals surface area contributed by atoms with Crippen molar-refractivity contribution in [2.75, 3.05) is 88.6 Å². The molecule has 95 heavy (non-hydrogen) atoms. The summed E-state index contributed by atoms with van der Waals surface area (Å²) in [5.74, 6) is -9.25. The summed E-state index contributed by atoms with van der Waals surface area (Å²) in [5, 5.41) is 23.5. The molecule has 0 aromatic carbocycles. The van der Waals surface area contributed by atoms with Gasteiger partial charge in [0, 0.05) is 68.6 Å². The molecule has 26 heteroatoms. The molecule has 1 aliphatic heterocycles. The number of rotatable bonds is 22. The number of carbonyl (C=O) groups excluding carboxylic acids is 11. The van der Waals surface area contributed by atoms with Gasteiger partial charge in [-0.2, -0.15) is 11.8 Å². The first kappa shape index (κ1) is 87.2. The maximum Gasteiger partial charge on any atom is 0.246 e. The zero-order chi connectivity index (χ0) is 73.6. The summed E-state index contributed by atoms with van der Waals surface area (Å²) in [4.78, 5) is 175. The minimum atomic E-state index is -1.65. The maximum atomic E-state index is 15.5. The van der Waals surface area contributed by atoms with Crippen LogP contribution < -0.4 is 21.3 Å². The molecule has 1 aliphatic rings. The second-order valence-corrected chi connectivity index (χ2v) is 30.2. The Morgan fingerprint density at radius 2 is 0.979 bits per heavy atom. The Kier molecular flexibility index (Phi) is 36.8. The summed E-state index contributed by atoms with van der Waals surface area (Å²) in [7, 11) is 15.4. The Hall–Kier alpha value is -5.86. The van der Waals surface area contributed by atoms with Crippen LogP contribution in [-0.4, -0.2) is 276 Å². The van der Waals surface area contributed by atoms with Crippen LogP contribution in [0.25, 0.3) is 0 Å². The lowest BCUT2D eigenvalue weighted by atomic mass is 9.91. The minimum Gasteiger partial charge on any atom is -0.390 e. The van der Waals surface area contributed by atoms with Crippen molar-refractivity contribution in [3.05, 3.63) is 12.2 Å². The molecule has 1 saturated heterocycles. The van der Waals surface area contributed by atoms with Crippen LogP contribution in [0.4, 0.5) is 0 Å². The fourth-order valence-electron chi connectivity index (χ4n) is 11.7. The highest BCUT2D eigenvalue weighted by Gasteiger charge is 2.47. The van der Waals surface area contributed by atoms with E-state index in [1.807, 2.05) is 73.5 Å². The van der Waals surface area contributed by atoms with Crippen LogP contribution in [-0.2, 0) is 57.5 Å². The van der Waals surface area contributed by atoms with Gasteiger partial charge < -0.3 is 70.3 Å². The zero-order valence-electron chi connectivity index (χ0n) is 63.0. The van der Waals surface area contributed by atoms with Crippen molar-refractivity contribution in [2.24, 2.45) is 35.5 Å². The molecule has 0 saturated carbocycles. The topological polar surface area (TPSA) is 291 Å². The van der Waals surface area contributed by atoms with Gasteiger partial charge in [0.05, 0.1) is 11.7 Å². The molecule has 546 valence electrons. The molecule has 0 aromatic heterocycles. The first-order valence-electron chi connectivity index (χ1n) is 34.0. The normalized spacial score (nSPS) is 26.3. The van der Waals surface area contributed by atoms with Crippen LogP contribution in [0.2, 0.25) is 0 Å². The zero-order valence-corrected chi connectivity index (χ0v) is 63.8. The largest absolute Gasteiger partial charge is 0.390 e. The van der Waals surface area contributed by atoms with Crippen LogP contribution in [0.3, 0.4) is 0 Å². The Balaban J connectivity index is 4.60. The molecule has 13 atom stereocenters. The van der Waals surface area contributed by atoms with Crippen LogP contribution in [0.15, 0.2) is 12.2 Å². The molecular weight excluding hydrogens is 1240 g/mol. The molecule has 0 aliphatic carbocycles. The predicted molar refractivity (Wildman–Crippen MR) is 374 cm³/mol. The van der Waals surface area contributed by atoms with E-state index in [1.54, 1.807) is 61.5 Å². The van der Waals surface area contributed by atoms with Crippen LogP contribution in [0.5, 0.6) is 0 Å². The summed E-state index contributed by atoms with van der Waals surface area (Å²) >= 11 is 1.42. The van der Waals surface area contributed by atoms with Crippen molar-refractivity contribution in [3.63, 3.8) is 0 Å². The third-order valence-corrected chi connectivity index (χ3v) is 19.2. The highest BCUT2D eigenvalue weighted by molar-refractivity contribution is 7.99. The molecule has 0 aromatic rings. The molecule has 25 nitrogen and oxygen atoms in total. The van der Waals surface area contributed by atoms with Crippen LogP contribution in [0.1, 0.15) is 163 Å². The molecule has 11 amide bonds. The number of nitrogens with zero attached hydrogens (tertiary/aromatic N) is 8. The average molecular weight is 1360 g/mol. The molecule has 1 heterocycles. The predicted octanol–water partition coefficient (Wildman–Crippen LogP) is 4.09. The van der Waals surface area contributed by atoms with Crippen molar-refractivity contribution in [1.29, 1.82) is 0 Å². The first-order chi connectivity index (χ1) is 43.9. The molecule has 1 rings (SSSR count). The van der Waals surface area contributed by atoms with Gasteiger partial charge in [-0.3, -0.25) is 52.7 Å². The fraction of sp³-hybridized carbons (Fsp3) is 0.812.